The number of benzene rings is 3. The van der Waals surface area contributed by atoms with E-state index in [1.807, 2.05) is 18.2 Å². The number of nitriles is 1. The second kappa shape index (κ2) is 10.5. The number of para-hydroxylation sites is 1. The highest BCUT2D eigenvalue weighted by Gasteiger charge is 2.14. The summed E-state index contributed by atoms with van der Waals surface area (Å²) in [7, 11) is 1.61. The van der Waals surface area contributed by atoms with Crippen LogP contribution in [0.5, 0.6) is 5.75 Å². The molecule has 0 aliphatic carbocycles. The first-order valence-corrected chi connectivity index (χ1v) is 11.1. The number of ether oxygens (including phenoxy) is 1. The molecule has 0 aliphatic heterocycles. The Balaban J connectivity index is 1.91. The van der Waals surface area contributed by atoms with E-state index in [2.05, 4.69) is 53.3 Å². The highest BCUT2D eigenvalue weighted by molar-refractivity contribution is 9.10. The van der Waals surface area contributed by atoms with Gasteiger partial charge in [0.1, 0.15) is 17.4 Å². The van der Waals surface area contributed by atoms with E-state index in [9.17, 15) is 10.1 Å². The molecule has 0 heterocycles. The number of hydrogen-bond donors (Lipinski definition) is 1. The van der Waals surface area contributed by atoms with Gasteiger partial charge in [0, 0.05) is 16.5 Å². The largest absolute Gasteiger partial charge is 0.496 e. The molecule has 3 rings (SSSR count). The van der Waals surface area contributed by atoms with Gasteiger partial charge in [-0.3, -0.25) is 4.79 Å². The van der Waals surface area contributed by atoms with Crippen LogP contribution in [0.3, 0.4) is 0 Å². The first-order valence-electron chi connectivity index (χ1n) is 9.92. The molecule has 0 saturated heterocycles. The molecule has 32 heavy (non-hydrogen) atoms. The smallest absolute Gasteiger partial charge is 0.266 e. The third kappa shape index (κ3) is 5.79. The van der Waals surface area contributed by atoms with Gasteiger partial charge in [0.15, 0.2) is 0 Å². The minimum atomic E-state index is -0.532. The summed E-state index contributed by atoms with van der Waals surface area (Å²) in [6.07, 6.45) is 2.22. The van der Waals surface area contributed by atoms with Crippen LogP contribution in [0.25, 0.3) is 6.08 Å². The Morgan fingerprint density at radius 1 is 1.16 bits per heavy atom. The fraction of sp³-hybridized carbons (Fsp3) is 0.154. The van der Waals surface area contributed by atoms with Crippen LogP contribution in [-0.4, -0.2) is 13.0 Å². The Bertz CT molecular complexity index is 1220. The van der Waals surface area contributed by atoms with E-state index in [1.54, 1.807) is 31.4 Å². The first kappa shape index (κ1) is 23.6. The van der Waals surface area contributed by atoms with Gasteiger partial charge in [0.25, 0.3) is 5.91 Å². The van der Waals surface area contributed by atoms with E-state index >= 15 is 0 Å². The minimum Gasteiger partial charge on any atom is -0.496 e. The molecule has 3 aromatic carbocycles. The molecule has 0 atom stereocenters. The summed E-state index contributed by atoms with van der Waals surface area (Å²) in [6, 6.07) is 19.0. The van der Waals surface area contributed by atoms with Crippen LogP contribution < -0.4 is 10.1 Å². The van der Waals surface area contributed by atoms with Crippen LogP contribution in [0.2, 0.25) is 5.02 Å². The maximum Gasteiger partial charge on any atom is 0.266 e. The maximum absolute atomic E-state index is 12.6. The van der Waals surface area contributed by atoms with Crippen molar-refractivity contribution in [2.75, 3.05) is 12.4 Å². The van der Waals surface area contributed by atoms with Crippen molar-refractivity contribution in [2.45, 2.75) is 20.3 Å². The Kier molecular flexibility index (Phi) is 7.74. The molecular weight excluding hydrogens is 488 g/mol. The fourth-order valence-corrected chi connectivity index (χ4v) is 4.29. The lowest BCUT2D eigenvalue weighted by Gasteiger charge is -2.14. The van der Waals surface area contributed by atoms with Crippen molar-refractivity contribution in [1.29, 1.82) is 5.26 Å². The molecule has 0 aromatic heterocycles. The quantitative estimate of drug-likeness (QED) is 0.291. The Morgan fingerprint density at radius 2 is 1.84 bits per heavy atom. The average molecular weight is 510 g/mol. The highest BCUT2D eigenvalue weighted by atomic mass is 79.9. The highest BCUT2D eigenvalue weighted by Crippen LogP contribution is 2.32. The lowest BCUT2D eigenvalue weighted by Crippen LogP contribution is -2.13. The summed E-state index contributed by atoms with van der Waals surface area (Å²) >= 11 is 9.74. The topological polar surface area (TPSA) is 62.1 Å². The number of carbonyl (C=O) groups is 1. The number of nitrogens with zero attached hydrogens (tertiary/aromatic N) is 1. The number of amides is 1. The summed E-state index contributed by atoms with van der Waals surface area (Å²) in [6.45, 7) is 4.15. The van der Waals surface area contributed by atoms with Crippen LogP contribution in [0.4, 0.5) is 5.69 Å². The molecule has 0 unspecified atom stereocenters. The number of halogens is 2. The molecular formula is C26H22BrClN2O2. The van der Waals surface area contributed by atoms with Gasteiger partial charge in [0.05, 0.1) is 17.8 Å². The van der Waals surface area contributed by atoms with Gasteiger partial charge in [-0.25, -0.2) is 0 Å². The summed E-state index contributed by atoms with van der Waals surface area (Å²) < 4.78 is 6.47. The van der Waals surface area contributed by atoms with E-state index < -0.39 is 5.91 Å². The zero-order valence-corrected chi connectivity index (χ0v) is 20.3. The molecule has 0 saturated carbocycles. The number of nitrogens with one attached hydrogen (secondary N) is 1. The summed E-state index contributed by atoms with van der Waals surface area (Å²) in [4.78, 5) is 12.6. The predicted octanol–water partition coefficient (Wildman–Crippen LogP) is 6.86. The summed E-state index contributed by atoms with van der Waals surface area (Å²) in [5, 5.41) is 12.6. The lowest BCUT2D eigenvalue weighted by molar-refractivity contribution is -0.112. The van der Waals surface area contributed by atoms with Gasteiger partial charge in [-0.1, -0.05) is 69.0 Å². The predicted molar refractivity (Wildman–Crippen MR) is 133 cm³/mol. The number of carbonyl (C=O) groups excluding carboxylic acids is 1. The summed E-state index contributed by atoms with van der Waals surface area (Å²) in [5.74, 6) is 0.142. The van der Waals surface area contributed by atoms with E-state index in [4.69, 9.17) is 16.3 Å². The SMILES string of the molecule is COc1cc(/C=C(\C#N)C(=O)Nc2ccccc2Cl)cc(Br)c1Cc1cc(C)cc(C)c1. The molecule has 4 nitrogen and oxygen atoms in total. The minimum absolute atomic E-state index is 0.0408. The van der Waals surface area contributed by atoms with Crippen molar-refractivity contribution in [1.82, 2.24) is 0 Å². The normalized spacial score (nSPS) is 11.1. The zero-order chi connectivity index (χ0) is 23.3. The molecule has 1 N–H and O–H groups in total. The number of hydrogen-bond acceptors (Lipinski definition) is 3. The van der Waals surface area contributed by atoms with Crippen molar-refractivity contribution in [2.24, 2.45) is 0 Å². The molecule has 3 aromatic rings. The molecule has 0 radical (unpaired) electrons. The molecule has 162 valence electrons. The second-order valence-corrected chi connectivity index (χ2v) is 8.72. The van der Waals surface area contributed by atoms with Gasteiger partial charge >= 0.3 is 0 Å². The van der Waals surface area contributed by atoms with Crippen molar-refractivity contribution in [3.05, 3.63) is 97.5 Å². The van der Waals surface area contributed by atoms with Gasteiger partial charge in [0.2, 0.25) is 0 Å². The van der Waals surface area contributed by atoms with Crippen LogP contribution in [0, 0.1) is 25.2 Å². The average Bonchev–Trinajstić information content (AvgIpc) is 2.74. The number of anilines is 1. The first-order chi connectivity index (χ1) is 15.3. The molecule has 0 bridgehead atoms. The number of methoxy groups -OCH3 is 1. The Morgan fingerprint density at radius 3 is 2.47 bits per heavy atom. The number of rotatable bonds is 6. The van der Waals surface area contributed by atoms with E-state index in [1.165, 1.54) is 22.8 Å². The van der Waals surface area contributed by atoms with Gasteiger partial charge in [-0.2, -0.15) is 5.26 Å². The van der Waals surface area contributed by atoms with Crippen LogP contribution in [0.1, 0.15) is 27.8 Å². The van der Waals surface area contributed by atoms with E-state index in [-0.39, 0.29) is 5.57 Å². The third-order valence-corrected chi connectivity index (χ3v) is 5.89. The van der Waals surface area contributed by atoms with Gasteiger partial charge < -0.3 is 10.1 Å². The molecule has 0 aliphatic rings. The van der Waals surface area contributed by atoms with Crippen molar-refractivity contribution in [3.8, 4) is 11.8 Å². The molecule has 0 fully saturated rings. The Labute approximate surface area is 201 Å². The Hall–Kier alpha value is -3.07. The van der Waals surface area contributed by atoms with E-state index in [0.29, 0.717) is 28.4 Å². The van der Waals surface area contributed by atoms with Gasteiger partial charge in [-0.05, 0) is 55.3 Å². The molecule has 6 heteroatoms. The lowest BCUT2D eigenvalue weighted by atomic mass is 9.98. The third-order valence-electron chi connectivity index (χ3n) is 4.86. The van der Waals surface area contributed by atoms with Crippen molar-refractivity contribution >= 4 is 45.2 Å². The monoisotopic (exact) mass is 508 g/mol. The second-order valence-electron chi connectivity index (χ2n) is 7.46. The summed E-state index contributed by atoms with van der Waals surface area (Å²) in [5.41, 5.74) is 5.67. The van der Waals surface area contributed by atoms with Crippen molar-refractivity contribution in [3.63, 3.8) is 0 Å². The van der Waals surface area contributed by atoms with Crippen LogP contribution in [-0.2, 0) is 11.2 Å². The van der Waals surface area contributed by atoms with Crippen LogP contribution >= 0.6 is 27.5 Å². The van der Waals surface area contributed by atoms with Crippen LogP contribution in [0.15, 0.2) is 64.6 Å². The molecule has 0 spiro atoms. The van der Waals surface area contributed by atoms with Gasteiger partial charge in [-0.15, -0.1) is 0 Å². The molecule has 1 amide bonds. The van der Waals surface area contributed by atoms with Crippen molar-refractivity contribution < 1.29 is 9.53 Å². The maximum atomic E-state index is 12.6. The fourth-order valence-electron chi connectivity index (χ4n) is 3.51. The standard InChI is InChI=1S/C26H22BrClN2O2/c1-16-8-17(2)10-18(9-16)12-21-22(27)13-19(14-25(21)32-3)11-20(15-29)26(31)30-24-7-5-4-6-23(24)28/h4-11,13-14H,12H2,1-3H3,(H,30,31)/b20-11+. The zero-order valence-electron chi connectivity index (χ0n) is 18.0. The van der Waals surface area contributed by atoms with E-state index in [0.717, 1.165) is 10.0 Å². The number of aryl methyl sites for hydroxylation is 2.